The summed E-state index contributed by atoms with van der Waals surface area (Å²) in [5.74, 6) is -1.94. The number of carboxylic acid groups (broad SMARTS) is 1. The fraction of sp³-hybridized carbons (Fsp3) is 0.400. The maximum absolute atomic E-state index is 12.1. The van der Waals surface area contributed by atoms with Crippen LogP contribution in [0.1, 0.15) is 37.6 Å². The molecular weight excluding hydrogens is 272 g/mol. The number of nitrogens with one attached hydrogen (secondary N) is 2. The molecule has 1 rings (SSSR count). The first kappa shape index (κ1) is 16.7. The molecule has 1 atom stereocenters. The zero-order valence-electron chi connectivity index (χ0n) is 12.3. The van der Waals surface area contributed by atoms with E-state index < -0.39 is 17.9 Å². The number of rotatable bonds is 6. The number of aliphatic carboxylic acids is 1. The van der Waals surface area contributed by atoms with E-state index in [-0.39, 0.29) is 11.8 Å². The molecule has 0 bridgehead atoms. The van der Waals surface area contributed by atoms with Crippen LogP contribution in [0.3, 0.4) is 0 Å². The normalized spacial score (nSPS) is 11.8. The van der Waals surface area contributed by atoms with Crippen molar-refractivity contribution in [2.45, 2.75) is 33.2 Å². The molecule has 0 aliphatic carbocycles. The standard InChI is InChI=1S/C15H20N2O4/c1-4-12(18)16-11-7-5-6-10(8-11)14(19)17-13(9(2)3)15(20)21/h5-9,13H,4H2,1-3H3,(H,16,18)(H,17,19)(H,20,21)/t13-/m1/s1. The minimum Gasteiger partial charge on any atom is -0.480 e. The molecular formula is C15H20N2O4. The van der Waals surface area contributed by atoms with Gasteiger partial charge >= 0.3 is 5.97 Å². The van der Waals surface area contributed by atoms with Crippen molar-refractivity contribution >= 4 is 23.5 Å². The maximum Gasteiger partial charge on any atom is 0.326 e. The zero-order chi connectivity index (χ0) is 16.0. The average molecular weight is 292 g/mol. The Bertz CT molecular complexity index is 540. The number of amides is 2. The molecule has 21 heavy (non-hydrogen) atoms. The lowest BCUT2D eigenvalue weighted by Crippen LogP contribution is -2.44. The van der Waals surface area contributed by atoms with E-state index >= 15 is 0 Å². The number of carbonyl (C=O) groups is 3. The van der Waals surface area contributed by atoms with Gasteiger partial charge in [0.25, 0.3) is 5.91 Å². The Morgan fingerprint density at radius 2 is 1.90 bits per heavy atom. The summed E-state index contributed by atoms with van der Waals surface area (Å²) >= 11 is 0. The molecule has 0 unspecified atom stereocenters. The van der Waals surface area contributed by atoms with Gasteiger partial charge in [-0.25, -0.2) is 4.79 Å². The Labute approximate surface area is 123 Å². The summed E-state index contributed by atoms with van der Waals surface area (Å²) in [5, 5.41) is 14.2. The molecule has 2 amide bonds. The van der Waals surface area contributed by atoms with Crippen LogP contribution in [0, 0.1) is 5.92 Å². The number of hydrogen-bond acceptors (Lipinski definition) is 3. The smallest absolute Gasteiger partial charge is 0.326 e. The van der Waals surface area contributed by atoms with Gasteiger partial charge < -0.3 is 15.7 Å². The second-order valence-corrected chi connectivity index (χ2v) is 5.02. The Morgan fingerprint density at radius 1 is 1.24 bits per heavy atom. The lowest BCUT2D eigenvalue weighted by Gasteiger charge is -2.18. The summed E-state index contributed by atoms with van der Waals surface area (Å²) in [5.41, 5.74) is 0.807. The van der Waals surface area contributed by atoms with E-state index in [0.29, 0.717) is 17.7 Å². The van der Waals surface area contributed by atoms with Crippen LogP contribution in [0.15, 0.2) is 24.3 Å². The van der Waals surface area contributed by atoms with Crippen molar-refractivity contribution in [1.82, 2.24) is 5.32 Å². The molecule has 0 aliphatic heterocycles. The van der Waals surface area contributed by atoms with Crippen LogP contribution in [0.5, 0.6) is 0 Å². The molecule has 0 spiro atoms. The van der Waals surface area contributed by atoms with Crippen molar-refractivity contribution in [3.8, 4) is 0 Å². The van der Waals surface area contributed by atoms with Crippen LogP contribution in [0.25, 0.3) is 0 Å². The Balaban J connectivity index is 2.85. The summed E-state index contributed by atoms with van der Waals surface area (Å²) < 4.78 is 0. The van der Waals surface area contributed by atoms with Crippen molar-refractivity contribution in [2.24, 2.45) is 5.92 Å². The number of carboxylic acids is 1. The number of hydrogen-bond donors (Lipinski definition) is 3. The second-order valence-electron chi connectivity index (χ2n) is 5.02. The van der Waals surface area contributed by atoms with Gasteiger partial charge in [-0.1, -0.05) is 26.8 Å². The van der Waals surface area contributed by atoms with Crippen molar-refractivity contribution in [3.63, 3.8) is 0 Å². The molecule has 0 aliphatic rings. The molecule has 114 valence electrons. The predicted octanol–water partition coefficient (Wildman–Crippen LogP) is 1.87. The number of anilines is 1. The summed E-state index contributed by atoms with van der Waals surface area (Å²) in [6.45, 7) is 5.17. The Kier molecular flexibility index (Phi) is 5.90. The van der Waals surface area contributed by atoms with E-state index in [4.69, 9.17) is 5.11 Å². The van der Waals surface area contributed by atoms with Gasteiger partial charge in [-0.2, -0.15) is 0 Å². The molecule has 0 saturated carbocycles. The highest BCUT2D eigenvalue weighted by Crippen LogP contribution is 2.12. The van der Waals surface area contributed by atoms with E-state index in [1.165, 1.54) is 6.07 Å². The third-order valence-electron chi connectivity index (χ3n) is 2.95. The lowest BCUT2D eigenvalue weighted by molar-refractivity contribution is -0.140. The van der Waals surface area contributed by atoms with Crippen LogP contribution in [0.4, 0.5) is 5.69 Å². The fourth-order valence-electron chi connectivity index (χ4n) is 1.73. The first-order valence-corrected chi connectivity index (χ1v) is 6.78. The highest BCUT2D eigenvalue weighted by atomic mass is 16.4. The third kappa shape index (κ3) is 4.91. The molecule has 0 heterocycles. The molecule has 0 fully saturated rings. The van der Waals surface area contributed by atoms with Gasteiger partial charge in [0.15, 0.2) is 0 Å². The maximum atomic E-state index is 12.1. The van der Waals surface area contributed by atoms with Crippen LogP contribution in [0.2, 0.25) is 0 Å². The van der Waals surface area contributed by atoms with E-state index in [9.17, 15) is 14.4 Å². The Morgan fingerprint density at radius 3 is 2.43 bits per heavy atom. The van der Waals surface area contributed by atoms with Crippen LogP contribution >= 0.6 is 0 Å². The van der Waals surface area contributed by atoms with Gasteiger partial charge in [-0.3, -0.25) is 9.59 Å². The van der Waals surface area contributed by atoms with Gasteiger partial charge in [0.2, 0.25) is 5.91 Å². The van der Waals surface area contributed by atoms with Crippen molar-refractivity contribution in [1.29, 1.82) is 0 Å². The molecule has 1 aromatic carbocycles. The first-order valence-electron chi connectivity index (χ1n) is 6.78. The summed E-state index contributed by atoms with van der Waals surface area (Å²) in [4.78, 5) is 34.5. The van der Waals surface area contributed by atoms with Gasteiger partial charge in [0.05, 0.1) is 0 Å². The highest BCUT2D eigenvalue weighted by Gasteiger charge is 2.23. The zero-order valence-corrected chi connectivity index (χ0v) is 12.3. The monoisotopic (exact) mass is 292 g/mol. The number of benzene rings is 1. The van der Waals surface area contributed by atoms with Crippen molar-refractivity contribution < 1.29 is 19.5 Å². The van der Waals surface area contributed by atoms with E-state index in [0.717, 1.165) is 0 Å². The van der Waals surface area contributed by atoms with Crippen LogP contribution in [-0.4, -0.2) is 28.9 Å². The van der Waals surface area contributed by atoms with E-state index in [1.54, 1.807) is 39.0 Å². The van der Waals surface area contributed by atoms with Crippen LogP contribution in [-0.2, 0) is 9.59 Å². The quantitative estimate of drug-likeness (QED) is 0.746. The molecule has 1 aromatic rings. The molecule has 0 aromatic heterocycles. The number of carbonyl (C=O) groups excluding carboxylic acids is 2. The molecule has 0 radical (unpaired) electrons. The third-order valence-corrected chi connectivity index (χ3v) is 2.95. The predicted molar refractivity (Wildman–Crippen MR) is 79.1 cm³/mol. The largest absolute Gasteiger partial charge is 0.480 e. The Hall–Kier alpha value is -2.37. The molecule has 0 saturated heterocycles. The van der Waals surface area contributed by atoms with Gasteiger partial charge in [0, 0.05) is 17.7 Å². The fourth-order valence-corrected chi connectivity index (χ4v) is 1.73. The van der Waals surface area contributed by atoms with E-state index in [2.05, 4.69) is 10.6 Å². The van der Waals surface area contributed by atoms with Gasteiger partial charge in [-0.15, -0.1) is 0 Å². The summed E-state index contributed by atoms with van der Waals surface area (Å²) in [7, 11) is 0. The van der Waals surface area contributed by atoms with Crippen LogP contribution < -0.4 is 10.6 Å². The molecule has 6 heteroatoms. The molecule has 3 N–H and O–H groups in total. The minimum atomic E-state index is -1.08. The van der Waals surface area contributed by atoms with E-state index in [1.807, 2.05) is 0 Å². The van der Waals surface area contributed by atoms with Gasteiger partial charge in [-0.05, 0) is 24.1 Å². The summed E-state index contributed by atoms with van der Waals surface area (Å²) in [6, 6.07) is 5.43. The second kappa shape index (κ2) is 7.42. The lowest BCUT2D eigenvalue weighted by atomic mass is 10.0. The topological polar surface area (TPSA) is 95.5 Å². The van der Waals surface area contributed by atoms with Crippen molar-refractivity contribution in [3.05, 3.63) is 29.8 Å². The average Bonchev–Trinajstić information content (AvgIpc) is 2.43. The first-order chi connectivity index (χ1) is 9.85. The molecule has 6 nitrogen and oxygen atoms in total. The van der Waals surface area contributed by atoms with Crippen molar-refractivity contribution in [2.75, 3.05) is 5.32 Å². The SMILES string of the molecule is CCC(=O)Nc1cccc(C(=O)N[C@@H](C(=O)O)C(C)C)c1. The summed E-state index contributed by atoms with van der Waals surface area (Å²) in [6.07, 6.45) is 0.338. The van der Waals surface area contributed by atoms with Gasteiger partial charge in [0.1, 0.15) is 6.04 Å². The highest BCUT2D eigenvalue weighted by molar-refractivity contribution is 5.98. The minimum absolute atomic E-state index is 0.154.